The van der Waals surface area contributed by atoms with Gasteiger partial charge in [0.05, 0.1) is 18.4 Å². The summed E-state index contributed by atoms with van der Waals surface area (Å²) in [7, 11) is 0. The lowest BCUT2D eigenvalue weighted by Crippen LogP contribution is -2.35. The molecule has 112 valence electrons. The van der Waals surface area contributed by atoms with Crippen molar-refractivity contribution in [2.24, 2.45) is 0 Å². The lowest BCUT2D eigenvalue weighted by Gasteiger charge is -2.14. The van der Waals surface area contributed by atoms with Crippen LogP contribution in [0.1, 0.15) is 25.8 Å². The highest BCUT2D eigenvalue weighted by Gasteiger charge is 2.04. The van der Waals surface area contributed by atoms with Gasteiger partial charge in [0.15, 0.2) is 5.11 Å². The Labute approximate surface area is 129 Å². The van der Waals surface area contributed by atoms with Crippen molar-refractivity contribution in [3.8, 4) is 0 Å². The van der Waals surface area contributed by atoms with Gasteiger partial charge in [0.2, 0.25) is 0 Å². The van der Waals surface area contributed by atoms with Gasteiger partial charge in [0.1, 0.15) is 5.82 Å². The zero-order chi connectivity index (χ0) is 15.2. The van der Waals surface area contributed by atoms with E-state index in [0.29, 0.717) is 17.7 Å². The maximum atomic E-state index is 13.1. The number of rotatable bonds is 5. The Kier molecular flexibility index (Phi) is 5.27. The van der Waals surface area contributed by atoms with Gasteiger partial charge in [-0.3, -0.25) is 4.68 Å². The molecule has 0 amide bonds. The molecule has 0 unspecified atom stereocenters. The van der Waals surface area contributed by atoms with Crippen LogP contribution >= 0.6 is 12.2 Å². The number of hydrogen-bond acceptors (Lipinski definition) is 2. The third kappa shape index (κ3) is 4.82. The van der Waals surface area contributed by atoms with Gasteiger partial charge in [-0.05, 0) is 43.3 Å². The third-order valence-electron chi connectivity index (χ3n) is 3.11. The minimum Gasteiger partial charge on any atom is -0.360 e. The van der Waals surface area contributed by atoms with Crippen molar-refractivity contribution in [1.29, 1.82) is 0 Å². The van der Waals surface area contributed by atoms with E-state index in [4.69, 9.17) is 12.2 Å². The summed E-state index contributed by atoms with van der Waals surface area (Å²) in [4.78, 5) is 0. The SMILES string of the molecule is CC[C@H](C)NC(=S)Nc1cnn(Cc2cccc(F)c2)c1. The van der Waals surface area contributed by atoms with Crippen LogP contribution in [0.25, 0.3) is 0 Å². The molecular weight excluding hydrogens is 287 g/mol. The molecule has 2 aromatic rings. The molecule has 0 saturated heterocycles. The van der Waals surface area contributed by atoms with Crippen molar-refractivity contribution in [3.63, 3.8) is 0 Å². The molecule has 0 bridgehead atoms. The fourth-order valence-corrected chi connectivity index (χ4v) is 2.15. The molecule has 1 atom stereocenters. The van der Waals surface area contributed by atoms with Crippen LogP contribution in [-0.4, -0.2) is 20.9 Å². The van der Waals surface area contributed by atoms with Crippen LogP contribution in [0.3, 0.4) is 0 Å². The number of nitrogens with zero attached hydrogens (tertiary/aromatic N) is 2. The summed E-state index contributed by atoms with van der Waals surface area (Å²) >= 11 is 5.23. The van der Waals surface area contributed by atoms with E-state index in [1.807, 2.05) is 12.3 Å². The zero-order valence-electron chi connectivity index (χ0n) is 12.1. The summed E-state index contributed by atoms with van der Waals surface area (Å²) in [6.07, 6.45) is 4.54. The number of halogens is 1. The molecule has 0 aliphatic rings. The number of thiocarbonyl (C=S) groups is 1. The molecule has 0 fully saturated rings. The maximum absolute atomic E-state index is 13.1. The van der Waals surface area contributed by atoms with Gasteiger partial charge in [-0.2, -0.15) is 5.10 Å². The predicted molar refractivity (Wildman–Crippen MR) is 86.8 cm³/mol. The molecule has 0 aliphatic carbocycles. The number of aromatic nitrogens is 2. The van der Waals surface area contributed by atoms with Crippen molar-refractivity contribution in [2.45, 2.75) is 32.9 Å². The van der Waals surface area contributed by atoms with Gasteiger partial charge in [-0.1, -0.05) is 19.1 Å². The molecule has 4 nitrogen and oxygen atoms in total. The Morgan fingerprint density at radius 1 is 1.48 bits per heavy atom. The van der Waals surface area contributed by atoms with Gasteiger partial charge in [-0.15, -0.1) is 0 Å². The number of anilines is 1. The quantitative estimate of drug-likeness (QED) is 0.833. The van der Waals surface area contributed by atoms with E-state index >= 15 is 0 Å². The monoisotopic (exact) mass is 306 g/mol. The number of hydrogen-bond donors (Lipinski definition) is 2. The van der Waals surface area contributed by atoms with Crippen molar-refractivity contribution in [2.75, 3.05) is 5.32 Å². The Hall–Kier alpha value is -1.95. The second kappa shape index (κ2) is 7.17. The average molecular weight is 306 g/mol. The molecule has 0 saturated carbocycles. The van der Waals surface area contributed by atoms with Crippen molar-refractivity contribution >= 4 is 23.0 Å². The standard InChI is InChI=1S/C15H19FN4S/c1-3-11(2)18-15(21)19-14-8-17-20(10-14)9-12-5-4-6-13(16)7-12/h4-8,10-11H,3,9H2,1-2H3,(H2,18,19,21)/t11-/m0/s1. The topological polar surface area (TPSA) is 41.9 Å². The van der Waals surface area contributed by atoms with Gasteiger partial charge >= 0.3 is 0 Å². The molecule has 1 aromatic carbocycles. The summed E-state index contributed by atoms with van der Waals surface area (Å²) in [6.45, 7) is 4.68. The summed E-state index contributed by atoms with van der Waals surface area (Å²) in [5, 5.41) is 11.1. The first kappa shape index (κ1) is 15.4. The predicted octanol–water partition coefficient (Wildman–Crippen LogP) is 3.16. The van der Waals surface area contributed by atoms with Crippen LogP contribution in [0.5, 0.6) is 0 Å². The molecule has 2 N–H and O–H groups in total. The molecule has 2 rings (SSSR count). The van der Waals surface area contributed by atoms with E-state index < -0.39 is 0 Å². The van der Waals surface area contributed by atoms with Crippen LogP contribution in [-0.2, 0) is 6.54 Å². The minimum absolute atomic E-state index is 0.239. The Balaban J connectivity index is 1.94. The number of benzene rings is 1. The van der Waals surface area contributed by atoms with E-state index in [1.54, 1.807) is 16.9 Å². The molecular formula is C15H19FN4S. The molecule has 0 aliphatic heterocycles. The van der Waals surface area contributed by atoms with Gasteiger partial charge in [0, 0.05) is 12.2 Å². The summed E-state index contributed by atoms with van der Waals surface area (Å²) in [5.74, 6) is -0.239. The normalized spacial score (nSPS) is 12.0. The summed E-state index contributed by atoms with van der Waals surface area (Å²) < 4.78 is 14.9. The van der Waals surface area contributed by atoms with Crippen LogP contribution in [0.4, 0.5) is 10.1 Å². The van der Waals surface area contributed by atoms with Crippen molar-refractivity contribution in [1.82, 2.24) is 15.1 Å². The van der Waals surface area contributed by atoms with Crippen LogP contribution in [0.2, 0.25) is 0 Å². The second-order valence-electron chi connectivity index (χ2n) is 4.96. The van der Waals surface area contributed by atoms with Gasteiger partial charge < -0.3 is 10.6 Å². The third-order valence-corrected chi connectivity index (χ3v) is 3.33. The summed E-state index contributed by atoms with van der Waals surface area (Å²) in [5.41, 5.74) is 1.68. The van der Waals surface area contributed by atoms with Crippen LogP contribution < -0.4 is 10.6 Å². The van der Waals surface area contributed by atoms with Crippen LogP contribution in [0, 0.1) is 5.82 Å². The minimum atomic E-state index is -0.239. The highest BCUT2D eigenvalue weighted by molar-refractivity contribution is 7.80. The van der Waals surface area contributed by atoms with E-state index in [9.17, 15) is 4.39 Å². The molecule has 1 heterocycles. The van der Waals surface area contributed by atoms with Crippen molar-refractivity contribution in [3.05, 3.63) is 48.0 Å². The zero-order valence-corrected chi connectivity index (χ0v) is 13.0. The van der Waals surface area contributed by atoms with Crippen molar-refractivity contribution < 1.29 is 4.39 Å². The Bertz CT molecular complexity index is 611. The molecule has 0 spiro atoms. The second-order valence-corrected chi connectivity index (χ2v) is 5.37. The van der Waals surface area contributed by atoms with Crippen LogP contribution in [0.15, 0.2) is 36.7 Å². The Morgan fingerprint density at radius 3 is 3.00 bits per heavy atom. The average Bonchev–Trinajstić information content (AvgIpc) is 2.85. The first-order valence-corrected chi connectivity index (χ1v) is 7.32. The maximum Gasteiger partial charge on any atom is 0.171 e. The lowest BCUT2D eigenvalue weighted by molar-refractivity contribution is 0.619. The van der Waals surface area contributed by atoms with E-state index in [1.165, 1.54) is 12.1 Å². The highest BCUT2D eigenvalue weighted by Crippen LogP contribution is 2.09. The smallest absolute Gasteiger partial charge is 0.171 e. The molecule has 6 heteroatoms. The van der Waals surface area contributed by atoms with E-state index in [0.717, 1.165) is 17.7 Å². The largest absolute Gasteiger partial charge is 0.360 e. The van der Waals surface area contributed by atoms with Gasteiger partial charge in [0.25, 0.3) is 0 Å². The summed E-state index contributed by atoms with van der Waals surface area (Å²) in [6, 6.07) is 6.82. The highest BCUT2D eigenvalue weighted by atomic mass is 32.1. The van der Waals surface area contributed by atoms with E-state index in [-0.39, 0.29) is 5.82 Å². The Morgan fingerprint density at radius 2 is 2.29 bits per heavy atom. The van der Waals surface area contributed by atoms with Gasteiger partial charge in [-0.25, -0.2) is 4.39 Å². The first-order chi connectivity index (χ1) is 10.1. The molecule has 0 radical (unpaired) electrons. The fraction of sp³-hybridized carbons (Fsp3) is 0.333. The fourth-order valence-electron chi connectivity index (χ4n) is 1.83. The van der Waals surface area contributed by atoms with E-state index in [2.05, 4.69) is 29.6 Å². The molecule has 21 heavy (non-hydrogen) atoms. The number of nitrogens with one attached hydrogen (secondary N) is 2. The molecule has 1 aromatic heterocycles. The first-order valence-electron chi connectivity index (χ1n) is 6.91. The lowest BCUT2D eigenvalue weighted by atomic mass is 10.2.